The van der Waals surface area contributed by atoms with Crippen molar-refractivity contribution >= 4 is 21.6 Å². The van der Waals surface area contributed by atoms with E-state index in [1.807, 2.05) is 4.90 Å². The van der Waals surface area contributed by atoms with Crippen LogP contribution in [0.15, 0.2) is 24.3 Å². The van der Waals surface area contributed by atoms with Gasteiger partial charge in [0.05, 0.1) is 17.4 Å². The van der Waals surface area contributed by atoms with Crippen LogP contribution in [0.25, 0.3) is 0 Å². The highest BCUT2D eigenvalue weighted by Crippen LogP contribution is 2.24. The van der Waals surface area contributed by atoms with Crippen LogP contribution in [-0.2, 0) is 14.8 Å². The molecule has 0 radical (unpaired) electrons. The van der Waals surface area contributed by atoms with Crippen molar-refractivity contribution in [2.45, 2.75) is 19.8 Å². The van der Waals surface area contributed by atoms with Gasteiger partial charge in [-0.1, -0.05) is 12.1 Å². The van der Waals surface area contributed by atoms with E-state index in [9.17, 15) is 17.6 Å². The minimum absolute atomic E-state index is 0.0224. The molecule has 1 aromatic rings. The summed E-state index contributed by atoms with van der Waals surface area (Å²) in [7, 11) is -3.26. The Morgan fingerprint density at radius 2 is 1.85 bits per heavy atom. The van der Waals surface area contributed by atoms with Gasteiger partial charge < -0.3 is 9.80 Å². The molecule has 0 aliphatic carbocycles. The first-order valence-corrected chi connectivity index (χ1v) is 10.8. The summed E-state index contributed by atoms with van der Waals surface area (Å²) >= 11 is 0. The number of halogens is 1. The van der Waals surface area contributed by atoms with Crippen molar-refractivity contribution in [2.24, 2.45) is 5.92 Å². The normalized spacial score (nSPS) is 22.5. The topological polar surface area (TPSA) is 60.9 Å². The van der Waals surface area contributed by atoms with Gasteiger partial charge in [-0.25, -0.2) is 17.1 Å². The highest BCUT2D eigenvalue weighted by atomic mass is 32.2. The quantitative estimate of drug-likeness (QED) is 0.791. The van der Waals surface area contributed by atoms with Gasteiger partial charge >= 0.3 is 0 Å². The van der Waals surface area contributed by atoms with Crippen LogP contribution in [0.1, 0.15) is 19.8 Å². The van der Waals surface area contributed by atoms with Gasteiger partial charge in [0.1, 0.15) is 5.82 Å². The number of nitrogens with zero attached hydrogens (tertiary/aromatic N) is 3. The molecule has 1 aromatic carbocycles. The zero-order chi connectivity index (χ0) is 18.7. The van der Waals surface area contributed by atoms with Crippen LogP contribution in [0.5, 0.6) is 0 Å². The summed E-state index contributed by atoms with van der Waals surface area (Å²) in [6.07, 6.45) is 1.44. The van der Waals surface area contributed by atoms with Gasteiger partial charge in [0, 0.05) is 39.3 Å². The highest BCUT2D eigenvalue weighted by Gasteiger charge is 2.34. The Morgan fingerprint density at radius 3 is 2.50 bits per heavy atom. The van der Waals surface area contributed by atoms with E-state index in [-0.39, 0.29) is 29.9 Å². The van der Waals surface area contributed by atoms with Crippen LogP contribution in [0, 0.1) is 11.7 Å². The number of hydrogen-bond donors (Lipinski definition) is 0. The predicted octanol–water partition coefficient (Wildman–Crippen LogP) is 1.54. The molecule has 2 saturated heterocycles. The predicted molar refractivity (Wildman–Crippen MR) is 99.0 cm³/mol. The van der Waals surface area contributed by atoms with E-state index in [2.05, 4.69) is 0 Å². The highest BCUT2D eigenvalue weighted by molar-refractivity contribution is 7.89. The first-order valence-electron chi connectivity index (χ1n) is 9.18. The summed E-state index contributed by atoms with van der Waals surface area (Å²) in [5.74, 6) is -0.436. The Hall–Kier alpha value is -1.67. The van der Waals surface area contributed by atoms with Crippen molar-refractivity contribution in [3.05, 3.63) is 30.1 Å². The number of amides is 1. The molecule has 0 unspecified atom stereocenters. The number of rotatable bonds is 4. The van der Waals surface area contributed by atoms with E-state index in [1.54, 1.807) is 30.0 Å². The molecule has 144 valence electrons. The maximum Gasteiger partial charge on any atom is 0.227 e. The van der Waals surface area contributed by atoms with Crippen LogP contribution >= 0.6 is 0 Å². The smallest absolute Gasteiger partial charge is 0.227 e. The summed E-state index contributed by atoms with van der Waals surface area (Å²) in [5, 5.41) is 0. The molecule has 0 spiro atoms. The second-order valence-corrected chi connectivity index (χ2v) is 9.12. The van der Waals surface area contributed by atoms with Gasteiger partial charge in [0.2, 0.25) is 15.9 Å². The Morgan fingerprint density at radius 1 is 1.15 bits per heavy atom. The van der Waals surface area contributed by atoms with Crippen molar-refractivity contribution < 1.29 is 17.6 Å². The third-order valence-electron chi connectivity index (χ3n) is 5.28. The molecule has 0 aromatic heterocycles. The summed E-state index contributed by atoms with van der Waals surface area (Å²) in [6.45, 7) is 4.63. The zero-order valence-corrected chi connectivity index (χ0v) is 15.9. The molecule has 0 N–H and O–H groups in total. The Balaban J connectivity index is 1.59. The third-order valence-corrected chi connectivity index (χ3v) is 7.12. The SMILES string of the molecule is CCS(=O)(=O)N1CCC[C@H](C(=O)N2CCN(c3ccccc3F)CC2)C1. The molecule has 0 saturated carbocycles. The minimum atomic E-state index is -3.26. The Kier molecular flexibility index (Phi) is 5.82. The second kappa shape index (κ2) is 7.92. The molecular formula is C18H26FN3O3S. The van der Waals surface area contributed by atoms with Crippen LogP contribution in [0.4, 0.5) is 10.1 Å². The number of carbonyl (C=O) groups is 1. The van der Waals surface area contributed by atoms with Crippen molar-refractivity contribution in [1.82, 2.24) is 9.21 Å². The van der Waals surface area contributed by atoms with Crippen LogP contribution in [0.3, 0.4) is 0 Å². The maximum atomic E-state index is 13.9. The molecule has 6 nitrogen and oxygen atoms in total. The fourth-order valence-corrected chi connectivity index (χ4v) is 4.89. The molecule has 8 heteroatoms. The van der Waals surface area contributed by atoms with Crippen molar-refractivity contribution in [1.29, 1.82) is 0 Å². The van der Waals surface area contributed by atoms with Crippen LogP contribution in [0.2, 0.25) is 0 Å². The lowest BCUT2D eigenvalue weighted by Gasteiger charge is -2.39. The van der Waals surface area contributed by atoms with Gasteiger partial charge in [-0.05, 0) is 31.9 Å². The molecule has 2 heterocycles. The van der Waals surface area contributed by atoms with Crippen molar-refractivity contribution in [3.63, 3.8) is 0 Å². The first kappa shape index (κ1) is 19.1. The van der Waals surface area contributed by atoms with Crippen LogP contribution in [-0.4, -0.2) is 68.6 Å². The number of hydrogen-bond acceptors (Lipinski definition) is 4. The number of para-hydroxylation sites is 1. The fourth-order valence-electron chi connectivity index (χ4n) is 3.71. The van der Waals surface area contributed by atoms with E-state index < -0.39 is 10.0 Å². The van der Waals surface area contributed by atoms with E-state index in [1.165, 1.54) is 10.4 Å². The van der Waals surface area contributed by atoms with Gasteiger partial charge in [0.25, 0.3) is 0 Å². The lowest BCUT2D eigenvalue weighted by atomic mass is 9.97. The number of piperidine rings is 1. The second-order valence-electron chi connectivity index (χ2n) is 6.86. The lowest BCUT2D eigenvalue weighted by Crippen LogP contribution is -2.53. The van der Waals surface area contributed by atoms with Gasteiger partial charge in [-0.3, -0.25) is 4.79 Å². The fraction of sp³-hybridized carbons (Fsp3) is 0.611. The van der Waals surface area contributed by atoms with Crippen LogP contribution < -0.4 is 4.90 Å². The molecule has 1 atom stereocenters. The first-order chi connectivity index (χ1) is 12.4. The van der Waals surface area contributed by atoms with E-state index in [0.29, 0.717) is 44.8 Å². The van der Waals surface area contributed by atoms with Gasteiger partial charge in [0.15, 0.2) is 0 Å². The molecule has 2 aliphatic rings. The summed E-state index contributed by atoms with van der Waals surface area (Å²) in [5.41, 5.74) is 0.567. The Labute approximate surface area is 154 Å². The van der Waals surface area contributed by atoms with E-state index >= 15 is 0 Å². The van der Waals surface area contributed by atoms with Crippen molar-refractivity contribution in [2.75, 3.05) is 49.9 Å². The molecule has 2 aliphatic heterocycles. The number of piperazine rings is 1. The third kappa shape index (κ3) is 4.01. The molecule has 26 heavy (non-hydrogen) atoms. The monoisotopic (exact) mass is 383 g/mol. The zero-order valence-electron chi connectivity index (χ0n) is 15.1. The van der Waals surface area contributed by atoms with E-state index in [4.69, 9.17) is 0 Å². The van der Waals surface area contributed by atoms with E-state index in [0.717, 1.165) is 6.42 Å². The summed E-state index contributed by atoms with van der Waals surface area (Å²) in [4.78, 5) is 16.6. The average molecular weight is 383 g/mol. The molecule has 3 rings (SSSR count). The molecular weight excluding hydrogens is 357 g/mol. The Bertz CT molecular complexity index is 748. The average Bonchev–Trinajstić information content (AvgIpc) is 2.68. The standard InChI is InChI=1S/C18H26FN3O3S/c1-2-26(24,25)22-9-5-6-15(14-22)18(23)21-12-10-20(11-13-21)17-8-4-3-7-16(17)19/h3-4,7-8,15H,2,5-6,9-14H2,1H3/t15-/m0/s1. The largest absolute Gasteiger partial charge is 0.366 e. The minimum Gasteiger partial charge on any atom is -0.366 e. The number of benzene rings is 1. The maximum absolute atomic E-state index is 13.9. The molecule has 2 fully saturated rings. The molecule has 1 amide bonds. The number of anilines is 1. The number of sulfonamides is 1. The van der Waals surface area contributed by atoms with Crippen molar-refractivity contribution in [3.8, 4) is 0 Å². The summed E-state index contributed by atoms with van der Waals surface area (Å²) < 4.78 is 39.6. The number of carbonyl (C=O) groups excluding carboxylic acids is 1. The van der Waals surface area contributed by atoms with Gasteiger partial charge in [-0.15, -0.1) is 0 Å². The molecule has 0 bridgehead atoms. The summed E-state index contributed by atoms with van der Waals surface area (Å²) in [6, 6.07) is 6.66. The lowest BCUT2D eigenvalue weighted by molar-refractivity contribution is -0.137. The van der Waals surface area contributed by atoms with Gasteiger partial charge in [-0.2, -0.15) is 0 Å².